The second kappa shape index (κ2) is 8.89. The SMILES string of the molecule is CCN(CCCN(C)C)CC1CCCCCC1O. The third-order valence-corrected chi connectivity index (χ3v) is 4.14. The van der Waals surface area contributed by atoms with Crippen LogP contribution in [0.1, 0.15) is 45.4 Å². The van der Waals surface area contributed by atoms with E-state index < -0.39 is 0 Å². The van der Waals surface area contributed by atoms with Gasteiger partial charge >= 0.3 is 0 Å². The van der Waals surface area contributed by atoms with Crippen LogP contribution < -0.4 is 0 Å². The van der Waals surface area contributed by atoms with Crippen molar-refractivity contribution in [2.75, 3.05) is 40.3 Å². The molecule has 0 aromatic heterocycles. The number of nitrogens with zero attached hydrogens (tertiary/aromatic N) is 2. The maximum Gasteiger partial charge on any atom is 0.0580 e. The lowest BCUT2D eigenvalue weighted by Crippen LogP contribution is -2.36. The molecule has 18 heavy (non-hydrogen) atoms. The third kappa shape index (κ3) is 6.17. The summed E-state index contributed by atoms with van der Waals surface area (Å²) in [5, 5.41) is 10.2. The first-order valence-electron chi connectivity index (χ1n) is 7.68. The lowest BCUT2D eigenvalue weighted by atomic mass is 9.96. The van der Waals surface area contributed by atoms with Crippen molar-refractivity contribution in [3.05, 3.63) is 0 Å². The molecule has 0 aromatic rings. The topological polar surface area (TPSA) is 26.7 Å². The molecular weight excluding hydrogens is 224 g/mol. The summed E-state index contributed by atoms with van der Waals surface area (Å²) in [5.41, 5.74) is 0. The zero-order valence-electron chi connectivity index (χ0n) is 12.6. The Kier molecular flexibility index (Phi) is 7.87. The molecule has 1 fully saturated rings. The van der Waals surface area contributed by atoms with Gasteiger partial charge < -0.3 is 14.9 Å². The number of hydrogen-bond acceptors (Lipinski definition) is 3. The Morgan fingerprint density at radius 3 is 2.44 bits per heavy atom. The molecule has 1 N–H and O–H groups in total. The smallest absolute Gasteiger partial charge is 0.0580 e. The minimum Gasteiger partial charge on any atom is -0.393 e. The van der Waals surface area contributed by atoms with Gasteiger partial charge in [-0.05, 0) is 58.9 Å². The van der Waals surface area contributed by atoms with Gasteiger partial charge in [0.25, 0.3) is 0 Å². The number of rotatable bonds is 7. The fourth-order valence-electron chi connectivity index (χ4n) is 2.90. The molecule has 1 rings (SSSR count). The lowest BCUT2D eigenvalue weighted by Gasteiger charge is -2.28. The van der Waals surface area contributed by atoms with E-state index in [1.807, 2.05) is 0 Å². The van der Waals surface area contributed by atoms with E-state index in [1.54, 1.807) is 0 Å². The average Bonchev–Trinajstić information content (AvgIpc) is 2.53. The number of hydrogen-bond donors (Lipinski definition) is 1. The molecule has 1 saturated carbocycles. The van der Waals surface area contributed by atoms with Gasteiger partial charge in [0, 0.05) is 6.54 Å². The minimum absolute atomic E-state index is 0.0598. The van der Waals surface area contributed by atoms with E-state index >= 15 is 0 Å². The van der Waals surface area contributed by atoms with Gasteiger partial charge in [0.05, 0.1) is 6.10 Å². The minimum atomic E-state index is -0.0598. The molecule has 2 unspecified atom stereocenters. The summed E-state index contributed by atoms with van der Waals surface area (Å²) >= 11 is 0. The molecule has 0 aromatic carbocycles. The average molecular weight is 256 g/mol. The van der Waals surface area contributed by atoms with Crippen LogP contribution in [0.2, 0.25) is 0 Å². The molecule has 0 spiro atoms. The van der Waals surface area contributed by atoms with Crippen molar-refractivity contribution in [2.45, 2.75) is 51.6 Å². The van der Waals surface area contributed by atoms with Gasteiger partial charge in [0.2, 0.25) is 0 Å². The Labute approximate surface area is 113 Å². The summed E-state index contributed by atoms with van der Waals surface area (Å²) < 4.78 is 0. The molecule has 108 valence electrons. The molecule has 3 nitrogen and oxygen atoms in total. The first kappa shape index (κ1) is 15.9. The predicted octanol–water partition coefficient (Wildman–Crippen LogP) is 2.20. The summed E-state index contributed by atoms with van der Waals surface area (Å²) in [6, 6.07) is 0. The van der Waals surface area contributed by atoms with E-state index in [1.165, 1.54) is 32.1 Å². The van der Waals surface area contributed by atoms with Crippen LogP contribution in [0.4, 0.5) is 0 Å². The zero-order valence-corrected chi connectivity index (χ0v) is 12.6. The van der Waals surface area contributed by atoms with Crippen LogP contribution in [0.5, 0.6) is 0 Å². The Hall–Kier alpha value is -0.120. The molecule has 0 heterocycles. The normalized spacial score (nSPS) is 25.7. The van der Waals surface area contributed by atoms with Crippen LogP contribution >= 0.6 is 0 Å². The van der Waals surface area contributed by atoms with Crippen LogP contribution in [0.3, 0.4) is 0 Å². The second-order valence-electron chi connectivity index (χ2n) is 6.02. The molecule has 0 saturated heterocycles. The van der Waals surface area contributed by atoms with Gasteiger partial charge in [0.1, 0.15) is 0 Å². The van der Waals surface area contributed by atoms with Gasteiger partial charge in [-0.2, -0.15) is 0 Å². The molecule has 0 aliphatic heterocycles. The first-order chi connectivity index (χ1) is 8.63. The fourth-order valence-corrected chi connectivity index (χ4v) is 2.90. The monoisotopic (exact) mass is 256 g/mol. The third-order valence-electron chi connectivity index (χ3n) is 4.14. The Morgan fingerprint density at radius 1 is 1.06 bits per heavy atom. The van der Waals surface area contributed by atoms with Gasteiger partial charge in [-0.25, -0.2) is 0 Å². The van der Waals surface area contributed by atoms with E-state index in [9.17, 15) is 5.11 Å². The summed E-state index contributed by atoms with van der Waals surface area (Å²) in [6.07, 6.45) is 7.21. The molecule has 1 aliphatic carbocycles. The Balaban J connectivity index is 2.31. The summed E-state index contributed by atoms with van der Waals surface area (Å²) in [7, 11) is 4.26. The largest absolute Gasteiger partial charge is 0.393 e. The van der Waals surface area contributed by atoms with Gasteiger partial charge in [-0.3, -0.25) is 0 Å². The van der Waals surface area contributed by atoms with Crippen LogP contribution in [0.25, 0.3) is 0 Å². The molecule has 1 aliphatic rings. The highest BCUT2D eigenvalue weighted by Gasteiger charge is 2.23. The molecule has 0 radical (unpaired) electrons. The highest BCUT2D eigenvalue weighted by molar-refractivity contribution is 4.76. The Morgan fingerprint density at radius 2 is 1.78 bits per heavy atom. The fraction of sp³-hybridized carbons (Fsp3) is 1.00. The van der Waals surface area contributed by atoms with Crippen molar-refractivity contribution in [1.82, 2.24) is 9.80 Å². The van der Waals surface area contributed by atoms with Crippen molar-refractivity contribution in [3.63, 3.8) is 0 Å². The molecule has 0 bridgehead atoms. The molecular formula is C15H32N2O. The molecule has 0 amide bonds. The van der Waals surface area contributed by atoms with Crippen LogP contribution in [-0.4, -0.2) is 61.3 Å². The van der Waals surface area contributed by atoms with Crippen LogP contribution in [0.15, 0.2) is 0 Å². The zero-order chi connectivity index (χ0) is 13.4. The van der Waals surface area contributed by atoms with E-state index in [0.29, 0.717) is 5.92 Å². The van der Waals surface area contributed by atoms with E-state index in [4.69, 9.17) is 0 Å². The van der Waals surface area contributed by atoms with Crippen LogP contribution in [-0.2, 0) is 0 Å². The standard InChI is InChI=1S/C15H32N2O/c1-4-17(12-8-11-16(2)3)13-14-9-6-5-7-10-15(14)18/h14-15,18H,4-13H2,1-3H3. The molecule has 2 atom stereocenters. The number of aliphatic hydroxyl groups is 1. The Bertz CT molecular complexity index is 209. The highest BCUT2D eigenvalue weighted by atomic mass is 16.3. The summed E-state index contributed by atoms with van der Waals surface area (Å²) in [4.78, 5) is 4.76. The predicted molar refractivity (Wildman–Crippen MR) is 77.9 cm³/mol. The van der Waals surface area contributed by atoms with Crippen molar-refractivity contribution in [1.29, 1.82) is 0 Å². The van der Waals surface area contributed by atoms with Crippen molar-refractivity contribution < 1.29 is 5.11 Å². The van der Waals surface area contributed by atoms with Crippen LogP contribution in [0, 0.1) is 5.92 Å². The number of aliphatic hydroxyl groups excluding tert-OH is 1. The van der Waals surface area contributed by atoms with Gasteiger partial charge in [-0.15, -0.1) is 0 Å². The van der Waals surface area contributed by atoms with Crippen molar-refractivity contribution >= 4 is 0 Å². The molecule has 3 heteroatoms. The maximum absolute atomic E-state index is 10.2. The van der Waals surface area contributed by atoms with Gasteiger partial charge in [-0.1, -0.05) is 26.2 Å². The first-order valence-corrected chi connectivity index (χ1v) is 7.68. The maximum atomic E-state index is 10.2. The van der Waals surface area contributed by atoms with Crippen molar-refractivity contribution in [2.24, 2.45) is 5.92 Å². The summed E-state index contributed by atoms with van der Waals surface area (Å²) in [6.45, 7) is 6.75. The van der Waals surface area contributed by atoms with E-state index in [0.717, 1.165) is 32.6 Å². The second-order valence-corrected chi connectivity index (χ2v) is 6.02. The summed E-state index contributed by atoms with van der Waals surface area (Å²) in [5.74, 6) is 0.506. The highest BCUT2D eigenvalue weighted by Crippen LogP contribution is 2.24. The lowest BCUT2D eigenvalue weighted by molar-refractivity contribution is 0.0738. The van der Waals surface area contributed by atoms with E-state index in [-0.39, 0.29) is 6.10 Å². The van der Waals surface area contributed by atoms with Gasteiger partial charge in [0.15, 0.2) is 0 Å². The quantitative estimate of drug-likeness (QED) is 0.708. The van der Waals surface area contributed by atoms with E-state index in [2.05, 4.69) is 30.8 Å². The van der Waals surface area contributed by atoms with Crippen molar-refractivity contribution in [3.8, 4) is 0 Å².